The van der Waals surface area contributed by atoms with Crippen molar-refractivity contribution < 1.29 is 9.59 Å². The van der Waals surface area contributed by atoms with Crippen molar-refractivity contribution in [3.05, 3.63) is 52.6 Å². The topological polar surface area (TPSA) is 34.1 Å². The lowest BCUT2D eigenvalue weighted by atomic mass is 10.2. The van der Waals surface area contributed by atoms with Gasteiger partial charge in [-0.1, -0.05) is 0 Å². The number of ketones is 2. The third-order valence-electron chi connectivity index (χ3n) is 2.55. The van der Waals surface area contributed by atoms with E-state index in [1.54, 1.807) is 18.2 Å². The fourth-order valence-electron chi connectivity index (χ4n) is 1.56. The molecule has 0 radical (unpaired) electrons. The number of thioether (sulfide) groups is 1. The lowest BCUT2D eigenvalue weighted by molar-refractivity contribution is 0.0999. The van der Waals surface area contributed by atoms with Gasteiger partial charge < -0.3 is 0 Å². The summed E-state index contributed by atoms with van der Waals surface area (Å²) < 4.78 is 1.85. The highest BCUT2D eigenvalue weighted by atomic mass is 79.9. The van der Waals surface area contributed by atoms with Crippen LogP contribution in [0.25, 0.3) is 0 Å². The Morgan fingerprint density at radius 2 is 1.67 bits per heavy atom. The minimum atomic E-state index is -0.0600. The Morgan fingerprint density at radius 3 is 2.14 bits per heavy atom. The van der Waals surface area contributed by atoms with Crippen LogP contribution in [0.2, 0.25) is 0 Å². The second-order valence-electron chi connectivity index (χ2n) is 3.99. The average Bonchev–Trinajstić information content (AvgIpc) is 3.06. The van der Waals surface area contributed by atoms with Crippen LogP contribution in [0.1, 0.15) is 25.8 Å². The minimum absolute atomic E-state index is 0.0338. The number of hydrogen-bond acceptors (Lipinski definition) is 5. The van der Waals surface area contributed by atoms with E-state index in [4.69, 9.17) is 0 Å². The van der Waals surface area contributed by atoms with Crippen molar-refractivity contribution in [3.8, 4) is 0 Å². The summed E-state index contributed by atoms with van der Waals surface area (Å²) in [5.41, 5.74) is 0. The summed E-state index contributed by atoms with van der Waals surface area (Å²) in [4.78, 5) is 26.4. The van der Waals surface area contributed by atoms with E-state index >= 15 is 0 Å². The van der Waals surface area contributed by atoms with E-state index in [1.165, 1.54) is 34.4 Å². The van der Waals surface area contributed by atoms with Gasteiger partial charge in [-0.05, 0) is 73.4 Å². The molecular weight excluding hydrogens is 456 g/mol. The molecule has 0 bridgehead atoms. The van der Waals surface area contributed by atoms with Gasteiger partial charge in [-0.15, -0.1) is 34.4 Å². The predicted octanol–water partition coefficient (Wildman–Crippen LogP) is 6.04. The van der Waals surface area contributed by atoms with Crippen LogP contribution in [0.15, 0.2) is 42.8 Å². The molecule has 2 heterocycles. The molecule has 0 aromatic carbocycles. The summed E-state index contributed by atoms with van der Waals surface area (Å²) in [6.07, 6.45) is 3.69. The standard InChI is InChI=1S/C14H10Br2O2S3/c1-19-8(6-9(17)11-2-4-13(15)20-11)7-10(18)12-3-5-14(16)21-12/h2-6H,7H2,1H3/b8-6+. The Hall–Kier alpha value is -0.210. The molecule has 0 N–H and O–H groups in total. The fraction of sp³-hybridized carbons (Fsp3) is 0.143. The molecule has 0 amide bonds. The molecule has 2 nitrogen and oxygen atoms in total. The molecule has 110 valence electrons. The molecule has 0 atom stereocenters. The predicted molar refractivity (Wildman–Crippen MR) is 98.9 cm³/mol. The Morgan fingerprint density at radius 1 is 1.10 bits per heavy atom. The molecule has 21 heavy (non-hydrogen) atoms. The van der Waals surface area contributed by atoms with Crippen molar-refractivity contribution in [3.63, 3.8) is 0 Å². The van der Waals surface area contributed by atoms with Gasteiger partial charge in [0.25, 0.3) is 0 Å². The van der Waals surface area contributed by atoms with E-state index in [0.29, 0.717) is 9.75 Å². The van der Waals surface area contributed by atoms with Gasteiger partial charge in [0.05, 0.1) is 17.3 Å². The average molecular weight is 466 g/mol. The number of allylic oxidation sites excluding steroid dienone is 2. The maximum Gasteiger partial charge on any atom is 0.196 e. The molecule has 0 aliphatic carbocycles. The zero-order valence-electron chi connectivity index (χ0n) is 10.9. The second kappa shape index (κ2) is 7.87. The van der Waals surface area contributed by atoms with Crippen molar-refractivity contribution in [2.24, 2.45) is 0 Å². The van der Waals surface area contributed by atoms with Crippen LogP contribution in [-0.2, 0) is 0 Å². The maximum atomic E-state index is 12.2. The molecule has 0 aliphatic rings. The van der Waals surface area contributed by atoms with Gasteiger partial charge in [0.15, 0.2) is 11.6 Å². The Labute approximate surface area is 151 Å². The Balaban J connectivity index is 2.10. The van der Waals surface area contributed by atoms with Crippen LogP contribution in [0, 0.1) is 0 Å². The first-order valence-electron chi connectivity index (χ1n) is 5.82. The van der Waals surface area contributed by atoms with E-state index in [9.17, 15) is 9.59 Å². The highest BCUT2D eigenvalue weighted by Crippen LogP contribution is 2.28. The molecule has 0 spiro atoms. The summed E-state index contributed by atoms with van der Waals surface area (Å²) in [6, 6.07) is 7.28. The third kappa shape index (κ3) is 4.89. The first-order chi connectivity index (χ1) is 9.99. The van der Waals surface area contributed by atoms with Crippen LogP contribution in [-0.4, -0.2) is 17.8 Å². The van der Waals surface area contributed by atoms with Gasteiger partial charge in [-0.3, -0.25) is 9.59 Å². The van der Waals surface area contributed by atoms with Gasteiger partial charge in [-0.25, -0.2) is 0 Å². The monoisotopic (exact) mass is 464 g/mol. The number of carbonyl (C=O) groups is 2. The van der Waals surface area contributed by atoms with E-state index < -0.39 is 0 Å². The summed E-state index contributed by atoms with van der Waals surface area (Å²) in [6.45, 7) is 0. The van der Waals surface area contributed by atoms with E-state index in [0.717, 1.165) is 12.5 Å². The molecule has 0 saturated heterocycles. The highest BCUT2D eigenvalue weighted by Gasteiger charge is 2.13. The van der Waals surface area contributed by atoms with Gasteiger partial charge >= 0.3 is 0 Å². The van der Waals surface area contributed by atoms with Crippen LogP contribution >= 0.6 is 66.3 Å². The minimum Gasteiger partial charge on any atom is -0.293 e. The van der Waals surface area contributed by atoms with Gasteiger partial charge in [0, 0.05) is 6.42 Å². The number of hydrogen-bond donors (Lipinski definition) is 0. The number of halogens is 2. The normalized spacial score (nSPS) is 11.7. The molecule has 2 aromatic heterocycles. The smallest absolute Gasteiger partial charge is 0.196 e. The van der Waals surface area contributed by atoms with Crippen molar-refractivity contribution in [1.29, 1.82) is 0 Å². The molecule has 0 unspecified atom stereocenters. The Bertz CT molecular complexity index is 701. The number of rotatable bonds is 6. The SMILES string of the molecule is CS/C(=C/C(=O)c1ccc(Br)s1)CC(=O)c1ccc(Br)s1. The van der Waals surface area contributed by atoms with Gasteiger partial charge in [0.2, 0.25) is 0 Å². The molecule has 0 saturated carbocycles. The third-order valence-corrected chi connectivity index (χ3v) is 6.64. The first kappa shape index (κ1) is 17.1. The quantitative estimate of drug-likeness (QED) is 0.385. The van der Waals surface area contributed by atoms with Crippen molar-refractivity contribution in [2.45, 2.75) is 6.42 Å². The second-order valence-corrected chi connectivity index (χ2v) is 9.85. The summed E-state index contributed by atoms with van der Waals surface area (Å²) in [5, 5.41) is 0. The van der Waals surface area contributed by atoms with E-state index in [-0.39, 0.29) is 18.0 Å². The summed E-state index contributed by atoms with van der Waals surface area (Å²) >= 11 is 10.9. The zero-order valence-corrected chi connectivity index (χ0v) is 16.5. The number of carbonyl (C=O) groups excluding carboxylic acids is 2. The highest BCUT2D eigenvalue weighted by molar-refractivity contribution is 9.11. The molecule has 2 rings (SSSR count). The Kier molecular flexibility index (Phi) is 6.43. The summed E-state index contributed by atoms with van der Waals surface area (Å²) in [7, 11) is 0. The molecule has 0 aliphatic heterocycles. The van der Waals surface area contributed by atoms with E-state index in [1.807, 2.05) is 18.4 Å². The van der Waals surface area contributed by atoms with Gasteiger partial charge in [0.1, 0.15) is 0 Å². The van der Waals surface area contributed by atoms with Crippen LogP contribution in [0.3, 0.4) is 0 Å². The largest absolute Gasteiger partial charge is 0.293 e. The van der Waals surface area contributed by atoms with Crippen LogP contribution in [0.4, 0.5) is 0 Å². The molecule has 0 fully saturated rings. The van der Waals surface area contributed by atoms with Crippen molar-refractivity contribution in [1.82, 2.24) is 0 Å². The fourth-order valence-corrected chi connectivity index (χ4v) is 4.68. The summed E-state index contributed by atoms with van der Waals surface area (Å²) in [5.74, 6) is -0.0262. The van der Waals surface area contributed by atoms with E-state index in [2.05, 4.69) is 31.9 Å². The lowest BCUT2D eigenvalue weighted by Gasteiger charge is -2.02. The molecule has 7 heteroatoms. The zero-order chi connectivity index (χ0) is 15.4. The van der Waals surface area contributed by atoms with Crippen molar-refractivity contribution >= 4 is 77.9 Å². The van der Waals surface area contributed by atoms with Crippen LogP contribution < -0.4 is 0 Å². The van der Waals surface area contributed by atoms with Crippen molar-refractivity contribution in [2.75, 3.05) is 6.26 Å². The lowest BCUT2D eigenvalue weighted by Crippen LogP contribution is -1.99. The number of thiophene rings is 2. The van der Waals surface area contributed by atoms with Gasteiger partial charge in [-0.2, -0.15) is 0 Å². The maximum absolute atomic E-state index is 12.2. The number of Topliss-reactive ketones (excluding diaryl/α,β-unsaturated/α-hetero) is 1. The first-order valence-corrected chi connectivity index (χ1v) is 10.3. The molecule has 2 aromatic rings. The van der Waals surface area contributed by atoms with Crippen LogP contribution in [0.5, 0.6) is 0 Å². The molecular formula is C14H10Br2O2S3.